The summed E-state index contributed by atoms with van der Waals surface area (Å²) >= 11 is 1.49. The van der Waals surface area contributed by atoms with Crippen LogP contribution in [0.5, 0.6) is 0 Å². The molecule has 3 aliphatic rings. The third-order valence-corrected chi connectivity index (χ3v) is 8.36. The third-order valence-electron chi connectivity index (χ3n) is 7.52. The second-order valence-corrected chi connectivity index (χ2v) is 10.1. The van der Waals surface area contributed by atoms with Gasteiger partial charge in [-0.15, -0.1) is 0 Å². The molecule has 156 valence electrons. The first kappa shape index (κ1) is 20.8. The molecule has 0 heterocycles. The second-order valence-electron chi connectivity index (χ2n) is 9.35. The highest BCUT2D eigenvalue weighted by atomic mass is 32.2. The Morgan fingerprint density at radius 3 is 1.50 bits per heavy atom. The Labute approximate surface area is 176 Å². The first-order chi connectivity index (χ1) is 13.9. The minimum Gasteiger partial charge on any atom is -0.227 e. The minimum absolute atomic E-state index is 0.711. The summed E-state index contributed by atoms with van der Waals surface area (Å²) in [6.07, 6.45) is 20.7. The number of benzene rings is 1. The van der Waals surface area contributed by atoms with Gasteiger partial charge in [0.2, 0.25) is 0 Å². The van der Waals surface area contributed by atoms with Gasteiger partial charge in [0, 0.05) is 4.90 Å². The van der Waals surface area contributed by atoms with Crippen LogP contribution in [0.2, 0.25) is 0 Å². The van der Waals surface area contributed by atoms with Crippen LogP contribution in [0.3, 0.4) is 0 Å². The predicted molar refractivity (Wildman–Crippen MR) is 118 cm³/mol. The summed E-state index contributed by atoms with van der Waals surface area (Å²) in [6, 6.07) is 5.19. The summed E-state index contributed by atoms with van der Waals surface area (Å²) in [5, 5.41) is 0. The molecule has 3 saturated carbocycles. The maximum Gasteiger partial charge on any atom is 0.0725 e. The number of hydrogen-bond donors (Lipinski definition) is 0. The molecule has 0 bridgehead atoms. The van der Waals surface area contributed by atoms with Gasteiger partial charge in [0.1, 0.15) is 0 Å². The van der Waals surface area contributed by atoms with Crippen LogP contribution >= 0.6 is 12.0 Å². The Kier molecular flexibility index (Phi) is 7.78. The van der Waals surface area contributed by atoms with E-state index >= 15 is 0 Å². The topological polar surface area (TPSA) is 18.5 Å². The Morgan fingerprint density at radius 1 is 0.643 bits per heavy atom. The van der Waals surface area contributed by atoms with Crippen molar-refractivity contribution in [2.45, 2.75) is 119 Å². The standard InChI is InChI=1S/C25H38O2S/c1-26-27-28-25-23(20-13-7-3-8-14-20)17-22(19-11-5-2-6-12-19)18-24(25)21-15-9-4-10-16-21/h17-21H,2-16H2,1H3. The number of rotatable bonds is 6. The van der Waals surface area contributed by atoms with Crippen molar-refractivity contribution in [1.82, 2.24) is 0 Å². The molecule has 3 heteroatoms. The highest BCUT2D eigenvalue weighted by molar-refractivity contribution is 7.94. The molecule has 2 nitrogen and oxygen atoms in total. The molecule has 0 unspecified atom stereocenters. The van der Waals surface area contributed by atoms with Gasteiger partial charge >= 0.3 is 0 Å². The molecule has 28 heavy (non-hydrogen) atoms. The van der Waals surface area contributed by atoms with Crippen LogP contribution in [-0.2, 0) is 9.22 Å². The fraction of sp³-hybridized carbons (Fsp3) is 0.760. The van der Waals surface area contributed by atoms with Gasteiger partial charge in [-0.2, -0.15) is 4.33 Å². The molecule has 3 fully saturated rings. The molecule has 3 aliphatic carbocycles. The second kappa shape index (κ2) is 10.5. The molecular formula is C25H38O2S. The lowest BCUT2D eigenvalue weighted by atomic mass is 9.76. The normalized spacial score (nSPS) is 23.2. The van der Waals surface area contributed by atoms with E-state index in [0.717, 1.165) is 5.92 Å². The van der Waals surface area contributed by atoms with Crippen LogP contribution in [-0.4, -0.2) is 7.11 Å². The molecule has 1 aromatic carbocycles. The fourth-order valence-electron chi connectivity index (χ4n) is 5.97. The summed E-state index contributed by atoms with van der Waals surface area (Å²) in [5.41, 5.74) is 4.82. The van der Waals surface area contributed by atoms with Crippen molar-refractivity contribution >= 4 is 12.0 Å². The van der Waals surface area contributed by atoms with Crippen LogP contribution in [0.1, 0.15) is 131 Å². The van der Waals surface area contributed by atoms with Crippen molar-refractivity contribution in [2.75, 3.05) is 7.11 Å². The highest BCUT2D eigenvalue weighted by Crippen LogP contribution is 2.47. The van der Waals surface area contributed by atoms with E-state index in [1.165, 1.54) is 113 Å². The maximum atomic E-state index is 5.48. The van der Waals surface area contributed by atoms with Gasteiger partial charge in [0.15, 0.2) is 0 Å². The van der Waals surface area contributed by atoms with Crippen molar-refractivity contribution in [1.29, 1.82) is 0 Å². The molecule has 0 atom stereocenters. The Hall–Kier alpha value is -0.510. The van der Waals surface area contributed by atoms with E-state index in [1.807, 2.05) is 0 Å². The largest absolute Gasteiger partial charge is 0.227 e. The molecule has 0 radical (unpaired) electrons. The van der Waals surface area contributed by atoms with Gasteiger partial charge in [0.05, 0.1) is 19.2 Å². The summed E-state index contributed by atoms with van der Waals surface area (Å²) < 4.78 is 5.48. The van der Waals surface area contributed by atoms with E-state index in [1.54, 1.807) is 23.8 Å². The van der Waals surface area contributed by atoms with E-state index < -0.39 is 0 Å². The Balaban J connectivity index is 1.74. The third kappa shape index (κ3) is 4.96. The molecule has 0 N–H and O–H groups in total. The van der Waals surface area contributed by atoms with Crippen molar-refractivity contribution in [3.8, 4) is 0 Å². The van der Waals surface area contributed by atoms with E-state index in [2.05, 4.69) is 12.1 Å². The average molecular weight is 403 g/mol. The predicted octanol–water partition coefficient (Wildman–Crippen LogP) is 8.41. The average Bonchev–Trinajstić information content (AvgIpc) is 2.79. The molecular weight excluding hydrogens is 364 g/mol. The van der Waals surface area contributed by atoms with Crippen molar-refractivity contribution < 1.29 is 9.22 Å². The molecule has 0 aliphatic heterocycles. The maximum absolute atomic E-state index is 5.48. The molecule has 0 saturated heterocycles. The number of hydrogen-bond acceptors (Lipinski definition) is 3. The molecule has 0 aromatic heterocycles. The van der Waals surface area contributed by atoms with E-state index in [0.29, 0.717) is 11.8 Å². The molecule has 0 spiro atoms. The summed E-state index contributed by atoms with van der Waals surface area (Å²) in [7, 11) is 1.63. The zero-order valence-corrected chi connectivity index (χ0v) is 18.5. The van der Waals surface area contributed by atoms with Gasteiger partial charge in [-0.1, -0.05) is 69.9 Å². The van der Waals surface area contributed by atoms with Crippen LogP contribution in [0, 0.1) is 0 Å². The van der Waals surface area contributed by atoms with Crippen molar-refractivity contribution in [2.24, 2.45) is 0 Å². The highest BCUT2D eigenvalue weighted by Gasteiger charge is 2.28. The van der Waals surface area contributed by atoms with Gasteiger partial charge in [-0.05, 0) is 73.0 Å². The van der Waals surface area contributed by atoms with Crippen LogP contribution in [0.25, 0.3) is 0 Å². The molecule has 4 rings (SSSR count). The van der Waals surface area contributed by atoms with Crippen molar-refractivity contribution in [3.05, 3.63) is 28.8 Å². The minimum atomic E-state index is 0.711. The summed E-state index contributed by atoms with van der Waals surface area (Å²) in [6.45, 7) is 0. The van der Waals surface area contributed by atoms with Crippen LogP contribution in [0.4, 0.5) is 0 Å². The van der Waals surface area contributed by atoms with Gasteiger partial charge < -0.3 is 0 Å². The smallest absolute Gasteiger partial charge is 0.0725 e. The van der Waals surface area contributed by atoms with E-state index in [4.69, 9.17) is 9.22 Å². The van der Waals surface area contributed by atoms with Crippen LogP contribution < -0.4 is 0 Å². The first-order valence-electron chi connectivity index (χ1n) is 11.9. The zero-order chi connectivity index (χ0) is 19.2. The lowest BCUT2D eigenvalue weighted by molar-refractivity contribution is -0.160. The fourth-order valence-corrected chi connectivity index (χ4v) is 6.75. The Bertz CT molecular complexity index is 572. The molecule has 0 amide bonds. The SMILES string of the molecule is COOSc1c(C2CCCCC2)cc(C2CCCCC2)cc1C1CCCCC1. The van der Waals surface area contributed by atoms with E-state index in [9.17, 15) is 0 Å². The monoisotopic (exact) mass is 402 g/mol. The molecule has 1 aromatic rings. The van der Waals surface area contributed by atoms with Crippen LogP contribution in [0.15, 0.2) is 17.0 Å². The Morgan fingerprint density at radius 2 is 1.07 bits per heavy atom. The van der Waals surface area contributed by atoms with Gasteiger partial charge in [0.25, 0.3) is 0 Å². The lowest BCUT2D eigenvalue weighted by Crippen LogP contribution is -2.14. The lowest BCUT2D eigenvalue weighted by Gasteiger charge is -2.31. The van der Waals surface area contributed by atoms with E-state index in [-0.39, 0.29) is 0 Å². The summed E-state index contributed by atoms with van der Waals surface area (Å²) in [5.74, 6) is 2.20. The quantitative estimate of drug-likeness (QED) is 0.270. The first-order valence-corrected chi connectivity index (χ1v) is 12.7. The summed E-state index contributed by atoms with van der Waals surface area (Å²) in [4.78, 5) is 6.44. The van der Waals surface area contributed by atoms with Crippen molar-refractivity contribution in [3.63, 3.8) is 0 Å². The zero-order valence-electron chi connectivity index (χ0n) is 17.7. The van der Waals surface area contributed by atoms with Gasteiger partial charge in [-0.25, -0.2) is 4.89 Å². The van der Waals surface area contributed by atoms with Gasteiger partial charge in [-0.3, -0.25) is 0 Å².